The Kier molecular flexibility index (Phi) is 8.01. The predicted molar refractivity (Wildman–Crippen MR) is 127 cm³/mol. The Hall–Kier alpha value is -3.44. The summed E-state index contributed by atoms with van der Waals surface area (Å²) in [6.07, 6.45) is 1.94. The highest BCUT2D eigenvalue weighted by Crippen LogP contribution is 2.35. The minimum atomic E-state index is -0.924. The van der Waals surface area contributed by atoms with Gasteiger partial charge in [-0.1, -0.05) is 42.2 Å². The number of methoxy groups -OCH3 is 1. The van der Waals surface area contributed by atoms with E-state index in [1.807, 2.05) is 0 Å². The Labute approximate surface area is 199 Å². The average molecular weight is 489 g/mol. The molecule has 9 nitrogen and oxygen atoms in total. The van der Waals surface area contributed by atoms with Crippen LogP contribution in [0.3, 0.4) is 0 Å². The molecular weight excluding hydrogens is 468 g/mol. The van der Waals surface area contributed by atoms with Gasteiger partial charge in [0, 0.05) is 19.0 Å². The maximum Gasteiger partial charge on any atom is 0.303 e. The minimum Gasteiger partial charge on any atom is -0.493 e. The van der Waals surface area contributed by atoms with Gasteiger partial charge in [-0.2, -0.15) is 0 Å². The van der Waals surface area contributed by atoms with Crippen LogP contribution in [0.15, 0.2) is 47.4 Å². The maximum absolute atomic E-state index is 12.7. The second kappa shape index (κ2) is 10.9. The number of amides is 1. The van der Waals surface area contributed by atoms with Crippen LogP contribution < -0.4 is 9.47 Å². The molecule has 11 heteroatoms. The van der Waals surface area contributed by atoms with Crippen LogP contribution in [0.2, 0.25) is 0 Å². The number of hydrogen-bond donors (Lipinski definition) is 1. The van der Waals surface area contributed by atoms with Crippen molar-refractivity contribution in [3.63, 3.8) is 0 Å². The molecule has 33 heavy (non-hydrogen) atoms. The van der Waals surface area contributed by atoms with Crippen LogP contribution in [0.4, 0.5) is 5.69 Å². The van der Waals surface area contributed by atoms with Crippen LogP contribution in [0.5, 0.6) is 11.5 Å². The molecular formula is C22H20N2O7S2. The summed E-state index contributed by atoms with van der Waals surface area (Å²) in [5.74, 6) is -0.397. The highest BCUT2D eigenvalue weighted by Gasteiger charge is 2.31. The third-order valence-corrected chi connectivity index (χ3v) is 6.08. The van der Waals surface area contributed by atoms with E-state index in [1.54, 1.807) is 42.5 Å². The second-order valence-electron chi connectivity index (χ2n) is 6.92. The molecule has 0 radical (unpaired) electrons. The molecule has 1 fully saturated rings. The minimum absolute atomic E-state index is 0.0120. The number of nitro groups is 1. The Balaban J connectivity index is 1.73. The van der Waals surface area contributed by atoms with E-state index in [9.17, 15) is 19.7 Å². The van der Waals surface area contributed by atoms with E-state index in [4.69, 9.17) is 26.8 Å². The van der Waals surface area contributed by atoms with Gasteiger partial charge in [0.25, 0.3) is 11.6 Å². The monoisotopic (exact) mass is 488 g/mol. The quantitative estimate of drug-likeness (QED) is 0.226. The zero-order valence-electron chi connectivity index (χ0n) is 17.6. The fraction of sp³-hybridized carbons (Fsp3) is 0.227. The third kappa shape index (κ3) is 6.08. The molecule has 0 bridgehead atoms. The number of carbonyl (C=O) groups excluding carboxylic acids is 1. The first-order chi connectivity index (χ1) is 15.8. The summed E-state index contributed by atoms with van der Waals surface area (Å²) in [5.41, 5.74) is 1.08. The number of aliphatic carboxylic acids is 1. The lowest BCUT2D eigenvalue weighted by molar-refractivity contribution is -0.385. The average Bonchev–Trinajstić information content (AvgIpc) is 3.05. The van der Waals surface area contributed by atoms with E-state index in [-0.39, 0.29) is 31.2 Å². The van der Waals surface area contributed by atoms with Gasteiger partial charge in [-0.3, -0.25) is 24.6 Å². The first kappa shape index (κ1) is 24.2. The maximum atomic E-state index is 12.7. The zero-order valence-corrected chi connectivity index (χ0v) is 19.2. The number of carboxylic acids is 1. The summed E-state index contributed by atoms with van der Waals surface area (Å²) < 4.78 is 11.5. The van der Waals surface area contributed by atoms with Crippen LogP contribution in [0, 0.1) is 10.1 Å². The Morgan fingerprint density at radius 1 is 1.27 bits per heavy atom. The summed E-state index contributed by atoms with van der Waals surface area (Å²) >= 11 is 6.41. The van der Waals surface area contributed by atoms with Gasteiger partial charge >= 0.3 is 5.97 Å². The molecule has 1 heterocycles. The molecule has 0 spiro atoms. The summed E-state index contributed by atoms with van der Waals surface area (Å²) in [6, 6.07) is 11.4. The van der Waals surface area contributed by atoms with E-state index in [2.05, 4.69) is 0 Å². The number of ether oxygens (including phenoxy) is 2. The van der Waals surface area contributed by atoms with Crippen molar-refractivity contribution in [2.45, 2.75) is 19.4 Å². The molecule has 172 valence electrons. The van der Waals surface area contributed by atoms with E-state index in [1.165, 1.54) is 18.1 Å². The molecule has 2 aromatic rings. The molecule has 2 aromatic carbocycles. The molecule has 1 amide bonds. The van der Waals surface area contributed by atoms with E-state index < -0.39 is 10.9 Å². The van der Waals surface area contributed by atoms with Crippen LogP contribution in [-0.4, -0.2) is 44.8 Å². The smallest absolute Gasteiger partial charge is 0.303 e. The van der Waals surface area contributed by atoms with Crippen LogP contribution in [0.25, 0.3) is 6.08 Å². The summed E-state index contributed by atoms with van der Waals surface area (Å²) in [7, 11) is 1.47. The lowest BCUT2D eigenvalue weighted by Crippen LogP contribution is -2.29. The predicted octanol–water partition coefficient (Wildman–Crippen LogP) is 4.25. The summed E-state index contributed by atoms with van der Waals surface area (Å²) in [6.45, 7) is 0.234. The molecule has 3 rings (SSSR count). The largest absolute Gasteiger partial charge is 0.493 e. The first-order valence-electron chi connectivity index (χ1n) is 9.80. The number of thioether (sulfide) groups is 1. The number of rotatable bonds is 10. The van der Waals surface area contributed by atoms with Gasteiger partial charge in [0.2, 0.25) is 0 Å². The molecule has 1 aliphatic heterocycles. The number of benzene rings is 2. The van der Waals surface area contributed by atoms with Gasteiger partial charge < -0.3 is 14.6 Å². The SMILES string of the molecule is COc1cc(C=C2SC(=S)N(CCCC(=O)O)C2=O)ccc1OCc1ccccc1[N+](=O)[O-]. The number of hydrogen-bond acceptors (Lipinski definition) is 8. The summed E-state index contributed by atoms with van der Waals surface area (Å²) in [5, 5.41) is 20.0. The zero-order chi connectivity index (χ0) is 24.0. The Bertz CT molecular complexity index is 1130. The van der Waals surface area contributed by atoms with Gasteiger partial charge in [-0.05, 0) is 36.3 Å². The number of thiocarbonyl (C=S) groups is 1. The molecule has 1 N–H and O–H groups in total. The van der Waals surface area contributed by atoms with Crippen molar-refractivity contribution in [3.8, 4) is 11.5 Å². The second-order valence-corrected chi connectivity index (χ2v) is 8.59. The normalized spacial score (nSPS) is 14.6. The number of carbonyl (C=O) groups is 2. The van der Waals surface area contributed by atoms with Crippen molar-refractivity contribution in [1.29, 1.82) is 0 Å². The lowest BCUT2D eigenvalue weighted by atomic mass is 10.1. The number of carboxylic acid groups (broad SMARTS) is 1. The van der Waals surface area contributed by atoms with E-state index in [0.717, 1.165) is 11.8 Å². The highest BCUT2D eigenvalue weighted by molar-refractivity contribution is 8.26. The van der Waals surface area contributed by atoms with Crippen LogP contribution >= 0.6 is 24.0 Å². The van der Waals surface area contributed by atoms with Crippen molar-refractivity contribution in [2.24, 2.45) is 0 Å². The Morgan fingerprint density at radius 2 is 2.03 bits per heavy atom. The van der Waals surface area contributed by atoms with Gasteiger partial charge in [0.05, 0.1) is 22.5 Å². The van der Waals surface area contributed by atoms with Gasteiger partial charge in [-0.15, -0.1) is 0 Å². The van der Waals surface area contributed by atoms with Gasteiger partial charge in [0.15, 0.2) is 11.5 Å². The van der Waals surface area contributed by atoms with Gasteiger partial charge in [-0.25, -0.2) is 0 Å². The lowest BCUT2D eigenvalue weighted by Gasteiger charge is -2.13. The molecule has 0 atom stereocenters. The van der Waals surface area contributed by atoms with E-state index in [0.29, 0.717) is 38.3 Å². The number of nitro benzene ring substituents is 1. The van der Waals surface area contributed by atoms with Crippen molar-refractivity contribution in [2.75, 3.05) is 13.7 Å². The fourth-order valence-electron chi connectivity index (χ4n) is 3.09. The topological polar surface area (TPSA) is 119 Å². The van der Waals surface area contributed by atoms with E-state index >= 15 is 0 Å². The van der Waals surface area contributed by atoms with Crippen molar-refractivity contribution >= 4 is 51.9 Å². The number of nitrogens with zero attached hydrogens (tertiary/aromatic N) is 2. The van der Waals surface area contributed by atoms with Crippen molar-refractivity contribution < 1.29 is 29.1 Å². The van der Waals surface area contributed by atoms with Crippen molar-refractivity contribution in [1.82, 2.24) is 4.90 Å². The molecule has 0 unspecified atom stereocenters. The van der Waals surface area contributed by atoms with Gasteiger partial charge in [0.1, 0.15) is 10.9 Å². The van der Waals surface area contributed by atoms with Crippen LogP contribution in [0.1, 0.15) is 24.0 Å². The molecule has 1 aliphatic rings. The van der Waals surface area contributed by atoms with Crippen molar-refractivity contribution in [3.05, 3.63) is 68.6 Å². The molecule has 0 aromatic heterocycles. The number of para-hydroxylation sites is 1. The Morgan fingerprint density at radius 3 is 2.73 bits per heavy atom. The standard InChI is InChI=1S/C22H20N2O7S2/c1-30-18-11-14(12-19-21(27)23(22(32)33-19)10-4-7-20(25)26)8-9-17(18)31-13-15-5-2-3-6-16(15)24(28)29/h2-3,5-6,8-9,11-12H,4,7,10,13H2,1H3,(H,25,26). The molecule has 0 aliphatic carbocycles. The molecule has 0 saturated carbocycles. The highest BCUT2D eigenvalue weighted by atomic mass is 32.2. The fourth-order valence-corrected chi connectivity index (χ4v) is 4.40. The summed E-state index contributed by atoms with van der Waals surface area (Å²) in [4.78, 5) is 35.9. The third-order valence-electron chi connectivity index (χ3n) is 4.70. The first-order valence-corrected chi connectivity index (χ1v) is 11.0. The molecule has 1 saturated heterocycles. The van der Waals surface area contributed by atoms with Crippen LogP contribution in [-0.2, 0) is 16.2 Å².